The molecule has 1 aliphatic rings. The molecule has 0 saturated carbocycles. The van der Waals surface area contributed by atoms with Gasteiger partial charge in [0.15, 0.2) is 0 Å². The fourth-order valence-electron chi connectivity index (χ4n) is 3.22. The molecular formula is C22H26N2O4. The molecule has 1 aliphatic heterocycles. The van der Waals surface area contributed by atoms with E-state index in [9.17, 15) is 9.59 Å². The molecule has 0 radical (unpaired) electrons. The van der Waals surface area contributed by atoms with Gasteiger partial charge in [0, 0.05) is 17.8 Å². The number of ether oxygens (including phenoxy) is 2. The third kappa shape index (κ3) is 4.70. The molecule has 0 unspecified atom stereocenters. The summed E-state index contributed by atoms with van der Waals surface area (Å²) in [6.45, 7) is 5.65. The van der Waals surface area contributed by atoms with Crippen molar-refractivity contribution in [3.8, 4) is 5.75 Å². The Morgan fingerprint density at radius 3 is 2.39 bits per heavy atom. The number of nitrogens with zero attached hydrogens (tertiary/aromatic N) is 1. The molecule has 6 nitrogen and oxygen atoms in total. The lowest BCUT2D eigenvalue weighted by atomic mass is 10.0. The second-order valence-corrected chi connectivity index (χ2v) is 7.47. The van der Waals surface area contributed by atoms with E-state index in [4.69, 9.17) is 9.47 Å². The standard InChI is InChI=1S/C22H26N2O4/c1-22(2)15-28-13-12-24(22)21(26)17-6-8-18(9-7-17)23-20(25)14-16-4-10-19(27-3)11-5-16/h4-11H,12-15H2,1-3H3,(H,23,25). The van der Waals surface area contributed by atoms with Gasteiger partial charge in [-0.15, -0.1) is 0 Å². The Labute approximate surface area is 165 Å². The first kappa shape index (κ1) is 19.9. The Hall–Kier alpha value is -2.86. The number of morpholine rings is 1. The maximum absolute atomic E-state index is 12.8. The quantitative estimate of drug-likeness (QED) is 0.863. The predicted octanol–water partition coefficient (Wildman–Crippen LogP) is 3.13. The van der Waals surface area contributed by atoms with Gasteiger partial charge in [-0.1, -0.05) is 12.1 Å². The Morgan fingerprint density at radius 1 is 1.11 bits per heavy atom. The number of methoxy groups -OCH3 is 1. The van der Waals surface area contributed by atoms with Crippen LogP contribution in [0.25, 0.3) is 0 Å². The first-order chi connectivity index (χ1) is 13.4. The van der Waals surface area contributed by atoms with Crippen LogP contribution in [-0.2, 0) is 16.0 Å². The van der Waals surface area contributed by atoms with Gasteiger partial charge in [0.05, 0.1) is 32.3 Å². The van der Waals surface area contributed by atoms with Gasteiger partial charge >= 0.3 is 0 Å². The first-order valence-electron chi connectivity index (χ1n) is 9.31. The van der Waals surface area contributed by atoms with Crippen LogP contribution in [0.4, 0.5) is 5.69 Å². The van der Waals surface area contributed by atoms with Crippen LogP contribution in [0.1, 0.15) is 29.8 Å². The fraction of sp³-hybridized carbons (Fsp3) is 0.364. The number of anilines is 1. The van der Waals surface area contributed by atoms with Crippen molar-refractivity contribution < 1.29 is 19.1 Å². The molecule has 1 fully saturated rings. The van der Waals surface area contributed by atoms with Crippen molar-refractivity contribution in [2.45, 2.75) is 25.8 Å². The molecule has 0 atom stereocenters. The molecule has 0 aliphatic carbocycles. The first-order valence-corrected chi connectivity index (χ1v) is 9.31. The predicted molar refractivity (Wildman–Crippen MR) is 108 cm³/mol. The minimum atomic E-state index is -0.333. The molecule has 2 aromatic carbocycles. The van der Waals surface area contributed by atoms with E-state index in [1.54, 1.807) is 31.4 Å². The van der Waals surface area contributed by atoms with Crippen molar-refractivity contribution >= 4 is 17.5 Å². The van der Waals surface area contributed by atoms with E-state index < -0.39 is 0 Å². The minimum absolute atomic E-state index is 0.0237. The lowest BCUT2D eigenvalue weighted by molar-refractivity contribution is -0.115. The highest BCUT2D eigenvalue weighted by Gasteiger charge is 2.34. The van der Waals surface area contributed by atoms with Gasteiger partial charge in [0.25, 0.3) is 5.91 Å². The molecule has 0 aromatic heterocycles. The molecule has 1 heterocycles. The number of nitrogens with one attached hydrogen (secondary N) is 1. The molecule has 6 heteroatoms. The van der Waals surface area contributed by atoms with Crippen molar-refractivity contribution in [1.29, 1.82) is 0 Å². The largest absolute Gasteiger partial charge is 0.497 e. The Balaban J connectivity index is 1.60. The van der Waals surface area contributed by atoms with Crippen LogP contribution in [-0.4, -0.2) is 49.1 Å². The van der Waals surface area contributed by atoms with Crippen LogP contribution in [0, 0.1) is 0 Å². The molecule has 2 aromatic rings. The normalized spacial score (nSPS) is 15.8. The maximum Gasteiger partial charge on any atom is 0.254 e. The zero-order chi connectivity index (χ0) is 20.1. The van der Waals surface area contributed by atoms with Crippen LogP contribution in [0.5, 0.6) is 5.75 Å². The second kappa shape index (κ2) is 8.44. The highest BCUT2D eigenvalue weighted by molar-refractivity contribution is 5.96. The van der Waals surface area contributed by atoms with Crippen molar-refractivity contribution in [1.82, 2.24) is 4.90 Å². The lowest BCUT2D eigenvalue weighted by Gasteiger charge is -2.42. The van der Waals surface area contributed by atoms with E-state index in [0.717, 1.165) is 11.3 Å². The number of carbonyl (C=O) groups excluding carboxylic acids is 2. The average molecular weight is 382 g/mol. The zero-order valence-electron chi connectivity index (χ0n) is 16.5. The van der Waals surface area contributed by atoms with E-state index in [2.05, 4.69) is 5.32 Å². The molecular weight excluding hydrogens is 356 g/mol. The van der Waals surface area contributed by atoms with Gasteiger partial charge in [-0.2, -0.15) is 0 Å². The number of hydrogen-bond acceptors (Lipinski definition) is 4. The molecule has 0 spiro atoms. The van der Waals surface area contributed by atoms with Crippen molar-refractivity contribution in [2.75, 3.05) is 32.2 Å². The van der Waals surface area contributed by atoms with Gasteiger partial charge in [0.2, 0.25) is 5.91 Å². The average Bonchev–Trinajstić information content (AvgIpc) is 2.68. The van der Waals surface area contributed by atoms with Gasteiger partial charge in [0.1, 0.15) is 5.75 Å². The third-order valence-electron chi connectivity index (χ3n) is 4.83. The summed E-state index contributed by atoms with van der Waals surface area (Å²) in [4.78, 5) is 26.9. The summed E-state index contributed by atoms with van der Waals surface area (Å²) in [6, 6.07) is 14.4. The van der Waals surface area contributed by atoms with Crippen LogP contribution < -0.4 is 10.1 Å². The highest BCUT2D eigenvalue weighted by atomic mass is 16.5. The van der Waals surface area contributed by atoms with Crippen LogP contribution in [0.15, 0.2) is 48.5 Å². The van der Waals surface area contributed by atoms with E-state index in [1.165, 1.54) is 0 Å². The molecule has 148 valence electrons. The number of hydrogen-bond donors (Lipinski definition) is 1. The van der Waals surface area contributed by atoms with Gasteiger partial charge in [-0.3, -0.25) is 9.59 Å². The molecule has 3 rings (SSSR count). The summed E-state index contributed by atoms with van der Waals surface area (Å²) in [5.41, 5.74) is 1.83. The molecule has 0 bridgehead atoms. The summed E-state index contributed by atoms with van der Waals surface area (Å²) in [7, 11) is 1.61. The van der Waals surface area contributed by atoms with Gasteiger partial charge in [-0.25, -0.2) is 0 Å². The summed E-state index contributed by atoms with van der Waals surface area (Å²) in [5, 5.41) is 2.87. The molecule has 28 heavy (non-hydrogen) atoms. The summed E-state index contributed by atoms with van der Waals surface area (Å²) < 4.78 is 10.6. The van der Waals surface area contributed by atoms with Crippen LogP contribution in [0.3, 0.4) is 0 Å². The monoisotopic (exact) mass is 382 g/mol. The molecule has 1 saturated heterocycles. The van der Waals surface area contributed by atoms with Crippen molar-refractivity contribution in [2.24, 2.45) is 0 Å². The topological polar surface area (TPSA) is 67.9 Å². The van der Waals surface area contributed by atoms with E-state index >= 15 is 0 Å². The van der Waals surface area contributed by atoms with Crippen LogP contribution in [0.2, 0.25) is 0 Å². The van der Waals surface area contributed by atoms with Gasteiger partial charge < -0.3 is 19.7 Å². The molecule has 1 N–H and O–H groups in total. The van der Waals surface area contributed by atoms with Crippen molar-refractivity contribution in [3.63, 3.8) is 0 Å². The molecule has 2 amide bonds. The Bertz CT molecular complexity index is 829. The highest BCUT2D eigenvalue weighted by Crippen LogP contribution is 2.22. The number of carbonyl (C=O) groups is 2. The second-order valence-electron chi connectivity index (χ2n) is 7.47. The number of amides is 2. The van der Waals surface area contributed by atoms with Crippen molar-refractivity contribution in [3.05, 3.63) is 59.7 Å². The van der Waals surface area contributed by atoms with Gasteiger partial charge in [-0.05, 0) is 55.8 Å². The zero-order valence-corrected chi connectivity index (χ0v) is 16.5. The van der Waals surface area contributed by atoms with Crippen LogP contribution >= 0.6 is 0 Å². The SMILES string of the molecule is COc1ccc(CC(=O)Nc2ccc(C(=O)N3CCOCC3(C)C)cc2)cc1. The smallest absolute Gasteiger partial charge is 0.254 e. The fourth-order valence-corrected chi connectivity index (χ4v) is 3.22. The summed E-state index contributed by atoms with van der Waals surface area (Å²) in [5.74, 6) is 0.621. The summed E-state index contributed by atoms with van der Waals surface area (Å²) in [6.07, 6.45) is 0.270. The van der Waals surface area contributed by atoms with E-state index in [-0.39, 0.29) is 23.8 Å². The van der Waals surface area contributed by atoms with E-state index in [1.807, 2.05) is 43.0 Å². The Morgan fingerprint density at radius 2 is 1.79 bits per heavy atom. The van der Waals surface area contributed by atoms with E-state index in [0.29, 0.717) is 31.0 Å². The Kier molecular flexibility index (Phi) is 5.99. The minimum Gasteiger partial charge on any atom is -0.497 e. The maximum atomic E-state index is 12.8. The summed E-state index contributed by atoms with van der Waals surface area (Å²) >= 11 is 0. The number of rotatable bonds is 5. The third-order valence-corrected chi connectivity index (χ3v) is 4.83. The lowest BCUT2D eigenvalue weighted by Crippen LogP contribution is -2.55. The number of benzene rings is 2.